The summed E-state index contributed by atoms with van der Waals surface area (Å²) in [5.41, 5.74) is 6.43. The van der Waals surface area contributed by atoms with Gasteiger partial charge >= 0.3 is 12.1 Å². The average Bonchev–Trinajstić information content (AvgIpc) is 3.44. The molecule has 2 atom stereocenters. The van der Waals surface area contributed by atoms with Gasteiger partial charge in [0.05, 0.1) is 47.5 Å². The first-order chi connectivity index (χ1) is 23.2. The van der Waals surface area contributed by atoms with Crippen LogP contribution in [0.15, 0.2) is 41.2 Å². The number of carbonyl (C=O) groups is 4. The SMILES string of the molecule is CC[C@H]1C(=O)OCc2c1cc1n(c2=O)Cc2c-1nc1cc(F)c(C)c3c1c2[C@@H](NC(=O)OCc1ccc(NC(=O)CNC=O)cc1)CC3. The van der Waals surface area contributed by atoms with Gasteiger partial charge in [0.1, 0.15) is 19.0 Å². The molecular formula is C35H32FN5O7. The third-order valence-corrected chi connectivity index (χ3v) is 9.44. The number of hydrogen-bond acceptors (Lipinski definition) is 8. The van der Waals surface area contributed by atoms with Crippen LogP contribution in [0.3, 0.4) is 0 Å². The van der Waals surface area contributed by atoms with Crippen molar-refractivity contribution in [3.05, 3.63) is 91.5 Å². The maximum absolute atomic E-state index is 15.2. The molecule has 12 nitrogen and oxygen atoms in total. The van der Waals surface area contributed by atoms with Crippen LogP contribution in [0.1, 0.15) is 70.7 Å². The van der Waals surface area contributed by atoms with Gasteiger partial charge in [-0.15, -0.1) is 0 Å². The molecule has 0 radical (unpaired) electrons. The van der Waals surface area contributed by atoms with Gasteiger partial charge in [-0.1, -0.05) is 19.1 Å². The van der Waals surface area contributed by atoms with Crippen LogP contribution in [0.5, 0.6) is 0 Å². The fourth-order valence-electron chi connectivity index (χ4n) is 7.08. The van der Waals surface area contributed by atoms with Crippen LogP contribution in [0.2, 0.25) is 0 Å². The Balaban J connectivity index is 1.19. The van der Waals surface area contributed by atoms with Crippen LogP contribution in [-0.4, -0.2) is 40.5 Å². The molecule has 2 aliphatic heterocycles. The number of pyridine rings is 2. The quantitative estimate of drug-likeness (QED) is 0.167. The molecular weight excluding hydrogens is 621 g/mol. The van der Waals surface area contributed by atoms with E-state index in [4.69, 9.17) is 14.5 Å². The maximum Gasteiger partial charge on any atom is 0.407 e. The van der Waals surface area contributed by atoms with Crippen molar-refractivity contribution >= 4 is 41.0 Å². The molecule has 3 N–H and O–H groups in total. The number of nitrogens with one attached hydrogen (secondary N) is 3. The van der Waals surface area contributed by atoms with Crippen molar-refractivity contribution < 1.29 is 33.0 Å². The summed E-state index contributed by atoms with van der Waals surface area (Å²) in [6.07, 6.45) is 1.25. The number of rotatable bonds is 8. The van der Waals surface area contributed by atoms with Crippen molar-refractivity contribution in [2.24, 2.45) is 0 Å². The number of anilines is 1. The molecule has 0 saturated carbocycles. The van der Waals surface area contributed by atoms with Crippen molar-refractivity contribution in [3.8, 4) is 11.4 Å². The van der Waals surface area contributed by atoms with Crippen LogP contribution < -0.4 is 21.5 Å². The highest BCUT2D eigenvalue weighted by atomic mass is 19.1. The van der Waals surface area contributed by atoms with E-state index in [0.717, 1.165) is 22.1 Å². The fraction of sp³-hybridized carbons (Fsp3) is 0.314. The monoisotopic (exact) mass is 653 g/mol. The number of aryl methyl sites for hydroxylation is 1. The summed E-state index contributed by atoms with van der Waals surface area (Å²) in [6.45, 7) is 3.53. The van der Waals surface area contributed by atoms with E-state index in [1.807, 2.05) is 13.0 Å². The molecule has 3 amide bonds. The molecule has 0 fully saturated rings. The standard InChI is InChI=1S/C35H32FN5O7/c1-3-20-22-10-28-32-23(13-41(28)33(44)24(22)15-47-34(20)45)31-26(9-8-21-17(2)25(36)11-27(39-32)30(21)31)40-35(46)48-14-18-4-6-19(7-5-18)38-29(43)12-37-16-42/h4-7,10-11,16,20,26H,3,8-9,12-15H2,1-2H3,(H,37,42)(H,38,43)(H,40,46)/t20-,26+/m1/s1. The third kappa shape index (κ3) is 5.24. The summed E-state index contributed by atoms with van der Waals surface area (Å²) in [5, 5.41) is 8.71. The van der Waals surface area contributed by atoms with Crippen molar-refractivity contribution in [1.82, 2.24) is 20.2 Å². The van der Waals surface area contributed by atoms with Crippen molar-refractivity contribution in [2.75, 3.05) is 11.9 Å². The van der Waals surface area contributed by atoms with Crippen LogP contribution in [0.25, 0.3) is 22.3 Å². The summed E-state index contributed by atoms with van der Waals surface area (Å²) < 4.78 is 27.7. The predicted molar refractivity (Wildman–Crippen MR) is 172 cm³/mol. The van der Waals surface area contributed by atoms with Crippen LogP contribution in [0, 0.1) is 12.7 Å². The van der Waals surface area contributed by atoms with Gasteiger partial charge in [-0.2, -0.15) is 0 Å². The molecule has 7 rings (SSSR count). The number of hydrogen-bond donors (Lipinski definition) is 3. The largest absolute Gasteiger partial charge is 0.460 e. The number of cyclic esters (lactones) is 1. The Kier molecular flexibility index (Phi) is 7.90. The molecule has 2 aromatic carbocycles. The number of esters is 1. The Labute approximate surface area is 273 Å². The Hall–Kier alpha value is -5.59. The molecule has 13 heteroatoms. The average molecular weight is 654 g/mol. The maximum atomic E-state index is 15.2. The Bertz CT molecular complexity index is 2090. The lowest BCUT2D eigenvalue weighted by molar-refractivity contribution is -0.148. The number of nitrogens with zero attached hydrogens (tertiary/aromatic N) is 2. The Morgan fingerprint density at radius 3 is 2.69 bits per heavy atom. The number of aromatic nitrogens is 2. The van der Waals surface area contributed by atoms with Gasteiger partial charge in [0.25, 0.3) is 5.56 Å². The minimum atomic E-state index is -0.650. The number of benzene rings is 2. The first-order valence-electron chi connectivity index (χ1n) is 15.8. The van der Waals surface area contributed by atoms with E-state index in [2.05, 4.69) is 16.0 Å². The molecule has 246 valence electrons. The minimum absolute atomic E-state index is 0.0317. The number of alkyl carbamates (subject to hydrolysis) is 1. The highest BCUT2D eigenvalue weighted by molar-refractivity contribution is 5.94. The first kappa shape index (κ1) is 31.0. The fourth-order valence-corrected chi connectivity index (χ4v) is 7.08. The van der Waals surface area contributed by atoms with Crippen LogP contribution in [-0.2, 0) is 50.0 Å². The van der Waals surface area contributed by atoms with E-state index in [9.17, 15) is 24.0 Å². The number of halogens is 1. The summed E-state index contributed by atoms with van der Waals surface area (Å²) in [5.74, 6) is -1.69. The topological polar surface area (TPSA) is 158 Å². The van der Waals surface area contributed by atoms with Gasteiger partial charge in [0.2, 0.25) is 12.3 Å². The lowest BCUT2D eigenvalue weighted by atomic mass is 9.81. The van der Waals surface area contributed by atoms with E-state index in [1.54, 1.807) is 35.8 Å². The summed E-state index contributed by atoms with van der Waals surface area (Å²) in [4.78, 5) is 66.6. The zero-order valence-electron chi connectivity index (χ0n) is 26.3. The molecule has 0 unspecified atom stereocenters. The summed E-state index contributed by atoms with van der Waals surface area (Å²) >= 11 is 0. The second kappa shape index (κ2) is 12.2. The second-order valence-electron chi connectivity index (χ2n) is 12.2. The number of fused-ring (bicyclic) bond motifs is 5. The molecule has 0 saturated heterocycles. The van der Waals surface area contributed by atoms with Crippen molar-refractivity contribution in [1.29, 1.82) is 0 Å². The number of amides is 3. The lowest BCUT2D eigenvalue weighted by Gasteiger charge is -2.29. The van der Waals surface area contributed by atoms with Crippen LogP contribution in [0.4, 0.5) is 14.9 Å². The normalized spacial score (nSPS) is 17.1. The van der Waals surface area contributed by atoms with E-state index in [-0.39, 0.29) is 49.6 Å². The molecule has 2 aromatic heterocycles. The van der Waals surface area contributed by atoms with Gasteiger partial charge in [0, 0.05) is 22.7 Å². The third-order valence-electron chi connectivity index (χ3n) is 9.44. The molecule has 0 spiro atoms. The lowest BCUT2D eigenvalue weighted by Crippen LogP contribution is -2.33. The smallest absolute Gasteiger partial charge is 0.407 e. The Morgan fingerprint density at radius 1 is 1.15 bits per heavy atom. The van der Waals surface area contributed by atoms with Gasteiger partial charge in [-0.05, 0) is 72.2 Å². The molecule has 1 aliphatic carbocycles. The molecule has 4 aromatic rings. The number of ether oxygens (including phenoxy) is 2. The predicted octanol–water partition coefficient (Wildman–Crippen LogP) is 4.02. The first-order valence-corrected chi connectivity index (χ1v) is 15.8. The number of carbonyl (C=O) groups excluding carboxylic acids is 4. The summed E-state index contributed by atoms with van der Waals surface area (Å²) in [6, 6.07) is 9.48. The van der Waals surface area contributed by atoms with E-state index < -0.39 is 18.1 Å². The van der Waals surface area contributed by atoms with Gasteiger partial charge in [-0.25, -0.2) is 14.2 Å². The summed E-state index contributed by atoms with van der Waals surface area (Å²) in [7, 11) is 0. The Morgan fingerprint density at radius 2 is 1.94 bits per heavy atom. The zero-order valence-corrected chi connectivity index (χ0v) is 26.3. The van der Waals surface area contributed by atoms with Gasteiger partial charge < -0.3 is 30.0 Å². The van der Waals surface area contributed by atoms with E-state index in [0.29, 0.717) is 70.5 Å². The van der Waals surface area contributed by atoms with Crippen LogP contribution >= 0.6 is 0 Å². The second-order valence-corrected chi connectivity index (χ2v) is 12.2. The highest BCUT2D eigenvalue weighted by Crippen LogP contribution is 2.45. The minimum Gasteiger partial charge on any atom is -0.460 e. The van der Waals surface area contributed by atoms with E-state index in [1.165, 1.54) is 6.07 Å². The molecule has 4 heterocycles. The zero-order chi connectivity index (χ0) is 33.7. The van der Waals surface area contributed by atoms with E-state index >= 15 is 4.39 Å². The molecule has 3 aliphatic rings. The van der Waals surface area contributed by atoms with Crippen molar-refractivity contribution in [3.63, 3.8) is 0 Å². The van der Waals surface area contributed by atoms with Gasteiger partial charge in [-0.3, -0.25) is 19.2 Å². The van der Waals surface area contributed by atoms with Gasteiger partial charge in [0.15, 0.2) is 0 Å². The highest BCUT2D eigenvalue weighted by Gasteiger charge is 2.37. The van der Waals surface area contributed by atoms with Crippen molar-refractivity contribution in [2.45, 2.75) is 64.8 Å². The molecule has 0 bridgehead atoms. The molecule has 48 heavy (non-hydrogen) atoms.